The highest BCUT2D eigenvalue weighted by Gasteiger charge is 2.34. The fourth-order valence-electron chi connectivity index (χ4n) is 2.54. The molecule has 0 saturated carbocycles. The van der Waals surface area contributed by atoms with Gasteiger partial charge in [0.05, 0.1) is 12.1 Å². The number of hydrogen-bond acceptors (Lipinski definition) is 2. The molecule has 0 aliphatic carbocycles. The third kappa shape index (κ3) is 3.28. The molecular formula is C15H21ClN2O. The van der Waals surface area contributed by atoms with E-state index in [9.17, 15) is 4.79 Å². The van der Waals surface area contributed by atoms with Crippen LogP contribution >= 0.6 is 11.6 Å². The smallest absolute Gasteiger partial charge is 0.240 e. The van der Waals surface area contributed by atoms with Gasteiger partial charge in [-0.3, -0.25) is 4.79 Å². The summed E-state index contributed by atoms with van der Waals surface area (Å²) in [6, 6.07) is 7.82. The zero-order chi connectivity index (χ0) is 13.8. The minimum atomic E-state index is -0.0124. The molecule has 2 atom stereocenters. The Morgan fingerprint density at radius 2 is 2.32 bits per heavy atom. The fourth-order valence-corrected chi connectivity index (χ4v) is 2.74. The molecule has 19 heavy (non-hydrogen) atoms. The van der Waals surface area contributed by atoms with Gasteiger partial charge in [0.15, 0.2) is 0 Å². The van der Waals surface area contributed by atoms with Gasteiger partial charge in [0.25, 0.3) is 0 Å². The van der Waals surface area contributed by atoms with Gasteiger partial charge in [-0.1, -0.05) is 30.7 Å². The Bertz CT molecular complexity index is 450. The van der Waals surface area contributed by atoms with Crippen LogP contribution in [-0.2, 0) is 4.79 Å². The van der Waals surface area contributed by atoms with Crippen molar-refractivity contribution in [2.24, 2.45) is 0 Å². The molecule has 0 bridgehead atoms. The van der Waals surface area contributed by atoms with E-state index in [1.165, 1.54) is 0 Å². The number of carbonyl (C=O) groups excluding carboxylic acids is 1. The molecule has 0 radical (unpaired) electrons. The van der Waals surface area contributed by atoms with E-state index in [2.05, 4.69) is 19.2 Å². The van der Waals surface area contributed by atoms with Crippen molar-refractivity contribution in [3.8, 4) is 0 Å². The number of likely N-dealkylation sites (tertiary alicyclic amines) is 1. The molecule has 2 unspecified atom stereocenters. The molecule has 2 rings (SSSR count). The molecule has 1 aliphatic rings. The number of hydrogen-bond donors (Lipinski definition) is 1. The number of benzene rings is 1. The van der Waals surface area contributed by atoms with E-state index in [1.54, 1.807) is 0 Å². The molecule has 4 heteroatoms. The van der Waals surface area contributed by atoms with Crippen LogP contribution in [0.2, 0.25) is 5.02 Å². The first-order chi connectivity index (χ1) is 9.13. The second-order valence-electron chi connectivity index (χ2n) is 5.06. The molecule has 0 spiro atoms. The lowest BCUT2D eigenvalue weighted by molar-refractivity contribution is -0.131. The van der Waals surface area contributed by atoms with Gasteiger partial charge >= 0.3 is 0 Å². The third-order valence-electron chi connectivity index (χ3n) is 3.68. The number of carbonyl (C=O) groups is 1. The Balaban J connectivity index is 2.04. The highest BCUT2D eigenvalue weighted by Crippen LogP contribution is 2.27. The van der Waals surface area contributed by atoms with Crippen molar-refractivity contribution in [2.45, 2.75) is 38.8 Å². The lowest BCUT2D eigenvalue weighted by Gasteiger charge is -2.25. The first-order valence-electron chi connectivity index (χ1n) is 6.92. The van der Waals surface area contributed by atoms with Crippen LogP contribution in [0, 0.1) is 0 Å². The summed E-state index contributed by atoms with van der Waals surface area (Å²) in [5, 5.41) is 4.03. The van der Waals surface area contributed by atoms with E-state index in [0.29, 0.717) is 0 Å². The van der Waals surface area contributed by atoms with Gasteiger partial charge in [-0.15, -0.1) is 0 Å². The third-order valence-corrected chi connectivity index (χ3v) is 3.91. The molecule has 1 N–H and O–H groups in total. The van der Waals surface area contributed by atoms with E-state index in [0.717, 1.165) is 36.5 Å². The van der Waals surface area contributed by atoms with Crippen LogP contribution in [0.1, 0.15) is 38.3 Å². The van der Waals surface area contributed by atoms with Crippen molar-refractivity contribution in [1.29, 1.82) is 0 Å². The van der Waals surface area contributed by atoms with Gasteiger partial charge < -0.3 is 10.2 Å². The SMILES string of the molecule is CCCNC1CCN(C(C)c2cccc(Cl)c2)C1=O. The highest BCUT2D eigenvalue weighted by molar-refractivity contribution is 6.30. The largest absolute Gasteiger partial charge is 0.335 e. The first kappa shape index (κ1) is 14.4. The zero-order valence-electron chi connectivity index (χ0n) is 11.5. The van der Waals surface area contributed by atoms with Crippen molar-refractivity contribution >= 4 is 17.5 Å². The van der Waals surface area contributed by atoms with Crippen LogP contribution in [0.15, 0.2) is 24.3 Å². The van der Waals surface area contributed by atoms with Crippen molar-refractivity contribution < 1.29 is 4.79 Å². The maximum absolute atomic E-state index is 12.3. The molecule has 1 heterocycles. The van der Waals surface area contributed by atoms with Gasteiger partial charge in [-0.05, 0) is 44.0 Å². The molecule has 1 aromatic carbocycles. The Labute approximate surface area is 119 Å². The summed E-state index contributed by atoms with van der Waals surface area (Å²) < 4.78 is 0. The minimum Gasteiger partial charge on any atom is -0.335 e. The van der Waals surface area contributed by atoms with Crippen LogP contribution in [-0.4, -0.2) is 29.9 Å². The Kier molecular flexibility index (Phi) is 4.83. The monoisotopic (exact) mass is 280 g/mol. The van der Waals surface area contributed by atoms with Crippen LogP contribution in [0.4, 0.5) is 0 Å². The van der Waals surface area contributed by atoms with Crippen LogP contribution in [0.3, 0.4) is 0 Å². The summed E-state index contributed by atoms with van der Waals surface area (Å²) in [6.07, 6.45) is 1.94. The van der Waals surface area contributed by atoms with Gasteiger partial charge in [0, 0.05) is 11.6 Å². The maximum Gasteiger partial charge on any atom is 0.240 e. The standard InChI is InChI=1S/C15H21ClN2O/c1-3-8-17-14-7-9-18(15(14)19)11(2)12-5-4-6-13(16)10-12/h4-6,10-11,14,17H,3,7-9H2,1-2H3. The fraction of sp³-hybridized carbons (Fsp3) is 0.533. The number of halogens is 1. The summed E-state index contributed by atoms with van der Waals surface area (Å²) in [4.78, 5) is 14.3. The Morgan fingerprint density at radius 1 is 1.53 bits per heavy atom. The molecule has 3 nitrogen and oxygen atoms in total. The van der Waals surface area contributed by atoms with Crippen LogP contribution in [0.5, 0.6) is 0 Å². The van der Waals surface area contributed by atoms with Gasteiger partial charge in [0.2, 0.25) is 5.91 Å². The van der Waals surface area contributed by atoms with E-state index in [4.69, 9.17) is 11.6 Å². The molecule has 0 aromatic heterocycles. The molecule has 1 aliphatic heterocycles. The van der Waals surface area contributed by atoms with E-state index < -0.39 is 0 Å². The average molecular weight is 281 g/mol. The van der Waals surface area contributed by atoms with Gasteiger partial charge in [-0.2, -0.15) is 0 Å². The lowest BCUT2D eigenvalue weighted by Crippen LogP contribution is -2.39. The van der Waals surface area contributed by atoms with Crippen LogP contribution in [0.25, 0.3) is 0 Å². The van der Waals surface area contributed by atoms with E-state index in [-0.39, 0.29) is 18.0 Å². The maximum atomic E-state index is 12.3. The number of nitrogens with zero attached hydrogens (tertiary/aromatic N) is 1. The Hall–Kier alpha value is -1.06. The molecular weight excluding hydrogens is 260 g/mol. The normalized spacial score (nSPS) is 20.9. The Morgan fingerprint density at radius 3 is 3.00 bits per heavy atom. The van der Waals surface area contributed by atoms with Crippen molar-refractivity contribution in [2.75, 3.05) is 13.1 Å². The van der Waals surface area contributed by atoms with Gasteiger partial charge in [0.1, 0.15) is 0 Å². The van der Waals surface area contributed by atoms with Crippen LogP contribution < -0.4 is 5.32 Å². The lowest BCUT2D eigenvalue weighted by atomic mass is 10.1. The predicted molar refractivity (Wildman–Crippen MR) is 78.3 cm³/mol. The topological polar surface area (TPSA) is 32.3 Å². The van der Waals surface area contributed by atoms with E-state index in [1.807, 2.05) is 29.2 Å². The predicted octanol–water partition coefficient (Wildman–Crippen LogP) is 3.00. The molecule has 1 fully saturated rings. The number of rotatable bonds is 5. The summed E-state index contributed by atoms with van der Waals surface area (Å²) >= 11 is 6.01. The summed E-state index contributed by atoms with van der Waals surface area (Å²) in [6.45, 7) is 5.88. The second kappa shape index (κ2) is 6.40. The van der Waals surface area contributed by atoms with Crippen molar-refractivity contribution in [1.82, 2.24) is 10.2 Å². The number of amides is 1. The zero-order valence-corrected chi connectivity index (χ0v) is 12.3. The van der Waals surface area contributed by atoms with Gasteiger partial charge in [-0.25, -0.2) is 0 Å². The van der Waals surface area contributed by atoms with E-state index >= 15 is 0 Å². The summed E-state index contributed by atoms with van der Waals surface area (Å²) in [5.41, 5.74) is 1.09. The highest BCUT2D eigenvalue weighted by atomic mass is 35.5. The van der Waals surface area contributed by atoms with Crippen molar-refractivity contribution in [3.63, 3.8) is 0 Å². The average Bonchev–Trinajstić information content (AvgIpc) is 2.77. The molecule has 1 aromatic rings. The molecule has 1 amide bonds. The second-order valence-corrected chi connectivity index (χ2v) is 5.49. The number of nitrogens with one attached hydrogen (secondary N) is 1. The summed E-state index contributed by atoms with van der Waals surface area (Å²) in [7, 11) is 0. The molecule has 104 valence electrons. The minimum absolute atomic E-state index is 0.0124. The quantitative estimate of drug-likeness (QED) is 0.899. The summed E-state index contributed by atoms with van der Waals surface area (Å²) in [5.74, 6) is 0.209. The van der Waals surface area contributed by atoms with Crippen molar-refractivity contribution in [3.05, 3.63) is 34.9 Å². The first-order valence-corrected chi connectivity index (χ1v) is 7.30. The molecule has 1 saturated heterocycles.